The smallest absolute Gasteiger partial charge is 0.213 e. The Kier molecular flexibility index (Phi) is 11.4. The largest absolute Gasteiger partial charge is 0.255 e. The molecule has 0 spiro atoms. The van der Waals surface area contributed by atoms with Crippen molar-refractivity contribution in [2.75, 3.05) is 0 Å². The van der Waals surface area contributed by atoms with E-state index in [1.165, 1.54) is 88.9 Å². The predicted octanol–water partition coefficient (Wildman–Crippen LogP) is 9.85. The summed E-state index contributed by atoms with van der Waals surface area (Å²) in [5.74, 6) is 2.60. The zero-order chi connectivity index (χ0) is 36.7. The average molecular weight is 699 g/mol. The fraction of sp³-hybridized carbons (Fsp3) is 0.300. The third-order valence-electron chi connectivity index (χ3n) is 11.8. The summed E-state index contributed by atoms with van der Waals surface area (Å²) in [7, 11) is 0. The van der Waals surface area contributed by atoms with Crippen LogP contribution >= 0.6 is 0 Å². The second-order valence-electron chi connectivity index (χ2n) is 15.8. The van der Waals surface area contributed by atoms with E-state index in [-0.39, 0.29) is 0 Å². The lowest BCUT2D eigenvalue weighted by Crippen LogP contribution is -2.38. The minimum absolute atomic E-state index is 0.403. The maximum atomic E-state index is 4.40. The average Bonchev–Trinajstić information content (AvgIpc) is 3.17. The predicted molar refractivity (Wildman–Crippen MR) is 220 cm³/mol. The van der Waals surface area contributed by atoms with Gasteiger partial charge in [-0.25, -0.2) is 0 Å². The molecule has 3 nitrogen and oxygen atoms in total. The lowest BCUT2D eigenvalue weighted by molar-refractivity contribution is -0.514. The van der Waals surface area contributed by atoms with Crippen LogP contribution in [-0.4, -0.2) is 22.6 Å². The van der Waals surface area contributed by atoms with Crippen LogP contribution in [0.1, 0.15) is 80.5 Å². The van der Waals surface area contributed by atoms with Crippen LogP contribution in [0.4, 0.5) is 0 Å². The van der Waals surface area contributed by atoms with Gasteiger partial charge in [-0.1, -0.05) is 92.3 Å². The second-order valence-corrected chi connectivity index (χ2v) is 15.8. The van der Waals surface area contributed by atoms with Gasteiger partial charge in [-0.2, -0.15) is 4.24 Å². The number of hydrogen-bond acceptors (Lipinski definition) is 0. The minimum atomic E-state index is 0.403. The maximum absolute atomic E-state index is 4.40. The summed E-state index contributed by atoms with van der Waals surface area (Å²) in [5.41, 5.74) is 9.21. The summed E-state index contributed by atoms with van der Waals surface area (Å²) in [5, 5.41) is 1.20. The van der Waals surface area contributed by atoms with E-state index >= 15 is 0 Å². The highest BCUT2D eigenvalue weighted by Crippen LogP contribution is 2.41. The molecule has 4 atom stereocenters. The number of hydrogen-bond donors (Lipinski definition) is 0. The second kappa shape index (κ2) is 16.7. The van der Waals surface area contributed by atoms with E-state index in [2.05, 4.69) is 181 Å². The standard InChI is InChI=1S/C50H56N3/c1-37-13-9-11-17-46(37)49-29-26-40(35-52(49)4)20-23-43-31-42(22-19-39-25-28-48(51(3)34-39)45-15-7-6-8-16-45)32-44(33-43)24-21-41-27-30-50(53(5)36-41)47-18-12-10-14-38(47)2/h6-18,25-30,34-37,42-44H,3-5,19-24,31-33H2,1-2H3/q+1/t37?,42-,43+,44-/m0/s1. The van der Waals surface area contributed by atoms with Crippen LogP contribution in [0.2, 0.25) is 0 Å². The quantitative estimate of drug-likeness (QED) is 0.140. The van der Waals surface area contributed by atoms with E-state index in [1.54, 1.807) is 0 Å². The van der Waals surface area contributed by atoms with Crippen molar-refractivity contribution in [3.05, 3.63) is 191 Å². The highest BCUT2D eigenvalue weighted by atomic mass is 15.0. The molecule has 1 fully saturated rings. The van der Waals surface area contributed by atoms with E-state index in [9.17, 15) is 0 Å². The van der Waals surface area contributed by atoms with Crippen molar-refractivity contribution >= 4 is 19.0 Å². The molecule has 3 aromatic rings. The van der Waals surface area contributed by atoms with Crippen molar-refractivity contribution in [1.29, 1.82) is 0 Å². The van der Waals surface area contributed by atoms with Gasteiger partial charge in [0.2, 0.25) is 5.35 Å². The van der Waals surface area contributed by atoms with Crippen LogP contribution in [-0.2, 0) is 6.42 Å². The maximum Gasteiger partial charge on any atom is 0.213 e. The van der Waals surface area contributed by atoms with E-state index in [0.717, 1.165) is 43.1 Å². The molecule has 0 radical (unpaired) electrons. The summed E-state index contributed by atoms with van der Waals surface area (Å²) in [6.45, 7) is 17.6. The van der Waals surface area contributed by atoms with Crippen LogP contribution in [0.25, 0.3) is 5.57 Å². The zero-order valence-corrected chi connectivity index (χ0v) is 31.8. The first-order valence-electron chi connectivity index (χ1n) is 19.7. The van der Waals surface area contributed by atoms with E-state index in [0.29, 0.717) is 5.92 Å². The molecule has 1 unspecified atom stereocenters. The summed E-state index contributed by atoms with van der Waals surface area (Å²) in [4.78, 5) is 0. The van der Waals surface area contributed by atoms with Crippen molar-refractivity contribution in [2.24, 2.45) is 23.7 Å². The number of rotatable bonds is 11. The Labute approximate surface area is 318 Å². The lowest BCUT2D eigenvalue weighted by atomic mass is 9.70. The van der Waals surface area contributed by atoms with Crippen molar-refractivity contribution in [3.63, 3.8) is 0 Å². The van der Waals surface area contributed by atoms with Crippen LogP contribution in [0.3, 0.4) is 0 Å². The fourth-order valence-electron chi connectivity index (χ4n) is 8.95. The molecule has 2 aromatic carbocycles. The van der Waals surface area contributed by atoms with E-state index in [4.69, 9.17) is 0 Å². The van der Waals surface area contributed by atoms with Gasteiger partial charge in [-0.3, -0.25) is 9.15 Å². The molecule has 2 aliphatic carbocycles. The molecule has 2 aliphatic heterocycles. The Balaban J connectivity index is 1.01. The summed E-state index contributed by atoms with van der Waals surface area (Å²) >= 11 is 0. The fourth-order valence-corrected chi connectivity index (χ4v) is 8.95. The van der Waals surface area contributed by atoms with Crippen molar-refractivity contribution in [2.45, 2.75) is 71.6 Å². The first-order valence-corrected chi connectivity index (χ1v) is 19.7. The first-order chi connectivity index (χ1) is 25.8. The SMILES string of the molecule is C=[N+]1C=C(CC[C@@H]2C[C@H](CCC3=C[N+](=C)[C-](c4ccccc4C)C=C3)C[C@H](CCc3ccc(=C4C=CC=CC4C)[n+](=C)c3)C2)C=C[C-]1c1ccccc1. The molecule has 0 saturated heterocycles. The van der Waals surface area contributed by atoms with Gasteiger partial charge in [-0.05, 0) is 116 Å². The van der Waals surface area contributed by atoms with E-state index in [1.807, 2.05) is 0 Å². The molecule has 3 heterocycles. The summed E-state index contributed by atoms with van der Waals surface area (Å²) < 4.78 is 6.22. The molecule has 0 amide bonds. The van der Waals surface area contributed by atoms with Crippen molar-refractivity contribution in [3.8, 4) is 0 Å². The highest BCUT2D eigenvalue weighted by molar-refractivity contribution is 5.61. The van der Waals surface area contributed by atoms with Gasteiger partial charge >= 0.3 is 0 Å². The van der Waals surface area contributed by atoms with Gasteiger partial charge in [0, 0.05) is 23.1 Å². The summed E-state index contributed by atoms with van der Waals surface area (Å²) in [6, 6.07) is 26.1. The van der Waals surface area contributed by atoms with Crippen molar-refractivity contribution in [1.82, 2.24) is 0 Å². The lowest BCUT2D eigenvalue weighted by Gasteiger charge is -2.36. The van der Waals surface area contributed by atoms with Crippen LogP contribution < -0.4 is 9.59 Å². The molecule has 0 N–H and O–H groups in total. The molecule has 1 saturated carbocycles. The Morgan fingerprint density at radius 1 is 0.660 bits per heavy atom. The topological polar surface area (TPSA) is 11.9 Å². The number of aryl methyl sites for hydroxylation is 2. The zero-order valence-electron chi connectivity index (χ0n) is 31.8. The molecule has 4 aliphatic rings. The summed E-state index contributed by atoms with van der Waals surface area (Å²) in [6.07, 6.45) is 35.6. The first kappa shape index (κ1) is 36.2. The molecule has 53 heavy (non-hydrogen) atoms. The molecule has 7 rings (SSSR count). The van der Waals surface area contributed by atoms with Crippen LogP contribution in [0, 0.1) is 49.4 Å². The molecule has 3 heteroatoms. The number of benzene rings is 2. The van der Waals surface area contributed by atoms with Gasteiger partial charge in [0.1, 0.15) is 31.2 Å². The van der Waals surface area contributed by atoms with Crippen LogP contribution in [0.5, 0.6) is 0 Å². The van der Waals surface area contributed by atoms with Gasteiger partial charge < -0.3 is 0 Å². The third kappa shape index (κ3) is 8.91. The third-order valence-corrected chi connectivity index (χ3v) is 11.8. The molecular formula is C50H56N3+. The van der Waals surface area contributed by atoms with Gasteiger partial charge in [0.25, 0.3) is 0 Å². The van der Waals surface area contributed by atoms with Gasteiger partial charge in [0.15, 0.2) is 6.20 Å². The number of aromatic nitrogens is 1. The van der Waals surface area contributed by atoms with E-state index < -0.39 is 0 Å². The number of nitrogens with zero attached hydrogens (tertiary/aromatic N) is 3. The van der Waals surface area contributed by atoms with Gasteiger partial charge in [-0.15, -0.1) is 18.2 Å². The molecule has 270 valence electrons. The minimum Gasteiger partial charge on any atom is -0.255 e. The normalized spacial score (nSPS) is 23.7. The molecule has 1 aromatic heterocycles. The van der Waals surface area contributed by atoms with Gasteiger partial charge in [0.05, 0.1) is 13.4 Å². The molecular weight excluding hydrogens is 643 g/mol. The Bertz CT molecular complexity index is 2120. The Hall–Kier alpha value is -5.15. The van der Waals surface area contributed by atoms with Crippen molar-refractivity contribution < 1.29 is 13.4 Å². The number of allylic oxidation sites excluding steroid dienone is 8. The number of pyridine rings is 1. The van der Waals surface area contributed by atoms with Crippen LogP contribution in [0.15, 0.2) is 145 Å². The Morgan fingerprint density at radius 2 is 1.26 bits per heavy atom. The monoisotopic (exact) mass is 698 g/mol. The Morgan fingerprint density at radius 3 is 1.87 bits per heavy atom. The molecule has 0 bridgehead atoms. The highest BCUT2D eigenvalue weighted by Gasteiger charge is 2.29.